The fourth-order valence-electron chi connectivity index (χ4n) is 5.40. The van der Waals surface area contributed by atoms with Crippen LogP contribution in [0.3, 0.4) is 0 Å². The van der Waals surface area contributed by atoms with E-state index in [1.54, 1.807) is 9.80 Å². The first-order valence-electron chi connectivity index (χ1n) is 11.4. The maximum atomic E-state index is 13.8. The van der Waals surface area contributed by atoms with Gasteiger partial charge in [-0.25, -0.2) is 0 Å². The number of nitrogens with zero attached hydrogens (tertiary/aromatic N) is 2. The Labute approximate surface area is 193 Å². The van der Waals surface area contributed by atoms with Crippen molar-refractivity contribution in [3.8, 4) is 0 Å². The second-order valence-corrected chi connectivity index (χ2v) is 9.51. The van der Waals surface area contributed by atoms with Crippen LogP contribution in [-0.4, -0.2) is 46.2 Å². The zero-order valence-corrected chi connectivity index (χ0v) is 19.3. The predicted molar refractivity (Wildman–Crippen MR) is 127 cm³/mol. The number of unbranched alkanes of at least 4 members (excludes halogenated alkanes) is 2. The highest BCUT2D eigenvalue weighted by Crippen LogP contribution is 2.48. The summed E-state index contributed by atoms with van der Waals surface area (Å²) in [6, 6.07) is 16.0. The lowest BCUT2D eigenvalue weighted by atomic mass is 9.76. The zero-order valence-electron chi connectivity index (χ0n) is 18.5. The summed E-state index contributed by atoms with van der Waals surface area (Å²) in [4.78, 5) is 34.3. The van der Waals surface area contributed by atoms with Crippen molar-refractivity contribution < 1.29 is 9.59 Å². The van der Waals surface area contributed by atoms with Crippen LogP contribution in [0.15, 0.2) is 48.5 Å². The van der Waals surface area contributed by atoms with Gasteiger partial charge in [-0.3, -0.25) is 9.59 Å². The molecule has 2 aliphatic rings. The molecule has 6 heteroatoms. The normalized spacial score (nSPS) is 22.9. The van der Waals surface area contributed by atoms with E-state index in [0.717, 1.165) is 47.0 Å². The molecule has 0 spiro atoms. The van der Waals surface area contributed by atoms with Gasteiger partial charge in [-0.1, -0.05) is 61.7 Å². The van der Waals surface area contributed by atoms with Crippen LogP contribution in [0.4, 0.5) is 0 Å². The lowest BCUT2D eigenvalue weighted by molar-refractivity contribution is -0.166. The summed E-state index contributed by atoms with van der Waals surface area (Å²) >= 11 is 6.15. The van der Waals surface area contributed by atoms with Crippen LogP contribution in [0.2, 0.25) is 5.02 Å². The van der Waals surface area contributed by atoms with E-state index in [-0.39, 0.29) is 24.3 Å². The number of carbonyl (C=O) groups is 2. The number of carbonyl (C=O) groups excluding carboxylic acids is 2. The van der Waals surface area contributed by atoms with Crippen LogP contribution in [0, 0.1) is 0 Å². The summed E-state index contributed by atoms with van der Waals surface area (Å²) < 4.78 is 0. The quantitative estimate of drug-likeness (QED) is 0.554. The zero-order chi connectivity index (χ0) is 22.5. The number of hydrogen-bond donors (Lipinski definition) is 1. The van der Waals surface area contributed by atoms with E-state index in [9.17, 15) is 9.59 Å². The van der Waals surface area contributed by atoms with Crippen LogP contribution in [0.1, 0.15) is 55.8 Å². The molecular formula is C26H28ClN3O2. The number of para-hydroxylation sites is 1. The molecule has 2 atom stereocenters. The number of piperazine rings is 1. The molecule has 1 N–H and O–H groups in total. The second kappa shape index (κ2) is 7.96. The summed E-state index contributed by atoms with van der Waals surface area (Å²) in [7, 11) is 0. The van der Waals surface area contributed by atoms with Crippen LogP contribution in [0.25, 0.3) is 10.9 Å². The standard InChI is InChI=1S/C26H28ClN3O2/c1-3-4-7-14-29-16-22(31)30-15-20(17-10-12-18(27)13-11-17)23-19-8-5-6-9-21(19)28-24(23)26(30,2)25(29)32/h5-6,8-13,20,28H,3-4,7,14-16H2,1-2H3/t20?,26-/m0/s1. The van der Waals surface area contributed by atoms with E-state index >= 15 is 0 Å². The number of nitrogens with one attached hydrogen (secondary N) is 1. The lowest BCUT2D eigenvalue weighted by Crippen LogP contribution is -2.67. The number of halogens is 1. The molecule has 166 valence electrons. The average Bonchev–Trinajstić information content (AvgIpc) is 3.19. The molecular weight excluding hydrogens is 422 g/mol. The maximum Gasteiger partial charge on any atom is 0.254 e. The first-order valence-corrected chi connectivity index (χ1v) is 11.8. The molecule has 0 bridgehead atoms. The van der Waals surface area contributed by atoms with Crippen LogP contribution in [-0.2, 0) is 15.1 Å². The fourth-order valence-corrected chi connectivity index (χ4v) is 5.53. The molecule has 1 saturated heterocycles. The van der Waals surface area contributed by atoms with E-state index in [1.807, 2.05) is 49.4 Å². The van der Waals surface area contributed by atoms with Crippen molar-refractivity contribution in [2.75, 3.05) is 19.6 Å². The predicted octanol–water partition coefficient (Wildman–Crippen LogP) is 5.04. The highest BCUT2D eigenvalue weighted by molar-refractivity contribution is 6.30. The summed E-state index contributed by atoms with van der Waals surface area (Å²) in [6.45, 7) is 5.30. The number of aromatic amines is 1. The number of benzene rings is 2. The van der Waals surface area contributed by atoms with E-state index < -0.39 is 5.54 Å². The van der Waals surface area contributed by atoms with E-state index in [0.29, 0.717) is 18.1 Å². The van der Waals surface area contributed by atoms with E-state index in [2.05, 4.69) is 18.0 Å². The summed E-state index contributed by atoms with van der Waals surface area (Å²) in [6.07, 6.45) is 3.04. The molecule has 1 fully saturated rings. The van der Waals surface area contributed by atoms with Gasteiger partial charge in [0.05, 0.1) is 12.2 Å². The molecule has 0 radical (unpaired) electrons. The van der Waals surface area contributed by atoms with Gasteiger partial charge in [0, 0.05) is 34.9 Å². The SMILES string of the molecule is CCCCCN1CC(=O)N2CC(c3ccc(Cl)cc3)c3c([nH]c4ccccc34)[C@@]2(C)C1=O. The number of rotatable bonds is 5. The fraction of sp³-hybridized carbons (Fsp3) is 0.385. The monoisotopic (exact) mass is 449 g/mol. The molecule has 5 rings (SSSR count). The smallest absolute Gasteiger partial charge is 0.254 e. The van der Waals surface area contributed by atoms with Gasteiger partial charge >= 0.3 is 0 Å². The highest BCUT2D eigenvalue weighted by Gasteiger charge is 2.56. The van der Waals surface area contributed by atoms with E-state index in [4.69, 9.17) is 11.6 Å². The molecule has 0 saturated carbocycles. The van der Waals surface area contributed by atoms with Crippen molar-refractivity contribution >= 4 is 34.3 Å². The van der Waals surface area contributed by atoms with Crippen molar-refractivity contribution in [3.63, 3.8) is 0 Å². The van der Waals surface area contributed by atoms with Gasteiger partial charge in [-0.2, -0.15) is 0 Å². The van der Waals surface area contributed by atoms with Crippen LogP contribution in [0.5, 0.6) is 0 Å². The van der Waals surface area contributed by atoms with Crippen molar-refractivity contribution in [1.82, 2.24) is 14.8 Å². The maximum absolute atomic E-state index is 13.8. The van der Waals surface area contributed by atoms with Gasteiger partial charge in [0.15, 0.2) is 5.54 Å². The van der Waals surface area contributed by atoms with Gasteiger partial charge in [-0.15, -0.1) is 0 Å². The van der Waals surface area contributed by atoms with Gasteiger partial charge in [0.2, 0.25) is 5.91 Å². The van der Waals surface area contributed by atoms with Crippen molar-refractivity contribution in [2.45, 2.75) is 44.6 Å². The molecule has 2 amide bonds. The molecule has 3 aromatic rings. The molecule has 0 aliphatic carbocycles. The van der Waals surface area contributed by atoms with Crippen molar-refractivity contribution in [3.05, 3.63) is 70.4 Å². The summed E-state index contributed by atoms with van der Waals surface area (Å²) in [5.41, 5.74) is 3.00. The molecule has 1 unspecified atom stereocenters. The third-order valence-electron chi connectivity index (χ3n) is 7.12. The first-order chi connectivity index (χ1) is 15.4. The summed E-state index contributed by atoms with van der Waals surface area (Å²) in [5.74, 6) is -0.0164. The van der Waals surface area contributed by atoms with Crippen molar-refractivity contribution in [2.24, 2.45) is 0 Å². The van der Waals surface area contributed by atoms with Gasteiger partial charge < -0.3 is 14.8 Å². The molecule has 2 aliphatic heterocycles. The topological polar surface area (TPSA) is 56.4 Å². The van der Waals surface area contributed by atoms with Gasteiger partial charge in [0.25, 0.3) is 5.91 Å². The third-order valence-corrected chi connectivity index (χ3v) is 7.37. The Balaban J connectivity index is 1.67. The van der Waals surface area contributed by atoms with Gasteiger partial charge in [0.1, 0.15) is 0 Å². The Morgan fingerprint density at radius 2 is 1.84 bits per heavy atom. The Morgan fingerprint density at radius 1 is 1.09 bits per heavy atom. The number of H-pyrrole nitrogens is 1. The van der Waals surface area contributed by atoms with Crippen LogP contribution < -0.4 is 0 Å². The molecule has 1 aromatic heterocycles. The Hall–Kier alpha value is -2.79. The summed E-state index contributed by atoms with van der Waals surface area (Å²) in [5, 5.41) is 1.78. The second-order valence-electron chi connectivity index (χ2n) is 9.07. The number of fused-ring (bicyclic) bond motifs is 5. The van der Waals surface area contributed by atoms with Gasteiger partial charge in [-0.05, 0) is 42.7 Å². The van der Waals surface area contributed by atoms with Crippen molar-refractivity contribution in [1.29, 1.82) is 0 Å². The Kier molecular flexibility index (Phi) is 5.25. The minimum atomic E-state index is -1.03. The first kappa shape index (κ1) is 21.1. The number of hydrogen-bond acceptors (Lipinski definition) is 2. The largest absolute Gasteiger partial charge is 0.356 e. The number of aromatic nitrogens is 1. The highest BCUT2D eigenvalue weighted by atomic mass is 35.5. The third kappa shape index (κ3) is 3.14. The minimum absolute atomic E-state index is 0.00636. The Bertz CT molecular complexity index is 1190. The minimum Gasteiger partial charge on any atom is -0.356 e. The molecule has 5 nitrogen and oxygen atoms in total. The lowest BCUT2D eigenvalue weighted by Gasteiger charge is -2.51. The molecule has 2 aromatic carbocycles. The van der Waals surface area contributed by atoms with Crippen LogP contribution >= 0.6 is 11.6 Å². The number of amides is 2. The van der Waals surface area contributed by atoms with E-state index in [1.165, 1.54) is 0 Å². The molecule has 32 heavy (non-hydrogen) atoms. The molecule has 3 heterocycles. The average molecular weight is 450 g/mol. The Morgan fingerprint density at radius 3 is 2.59 bits per heavy atom.